The second-order valence-electron chi connectivity index (χ2n) is 14.5. The molecule has 1 aromatic rings. The van der Waals surface area contributed by atoms with Gasteiger partial charge in [-0.05, 0) is 106 Å². The van der Waals surface area contributed by atoms with E-state index in [2.05, 4.69) is 91.6 Å². The Morgan fingerprint density at radius 2 is 0.973 bits per heavy atom. The van der Waals surface area contributed by atoms with E-state index >= 15 is 0 Å². The van der Waals surface area contributed by atoms with E-state index in [-0.39, 0.29) is 28.1 Å². The van der Waals surface area contributed by atoms with E-state index in [9.17, 15) is 0 Å². The largest absolute Gasteiger partial charge is 0.368 e. The van der Waals surface area contributed by atoms with Crippen LogP contribution >= 0.6 is 0 Å². The lowest BCUT2D eigenvalue weighted by Crippen LogP contribution is -2.57. The van der Waals surface area contributed by atoms with Crippen LogP contribution in [0.1, 0.15) is 120 Å². The summed E-state index contributed by atoms with van der Waals surface area (Å²) in [6.07, 6.45) is 12.2. The minimum atomic E-state index is 0.220. The van der Waals surface area contributed by atoms with E-state index in [0.717, 1.165) is 37.8 Å². The number of unbranched alkanes of at least 4 members (excludes halogenated alkanes) is 2. The van der Waals surface area contributed by atoms with Crippen molar-refractivity contribution in [2.24, 2.45) is 11.8 Å². The van der Waals surface area contributed by atoms with E-state index in [1.54, 1.807) is 0 Å². The summed E-state index contributed by atoms with van der Waals surface area (Å²) in [5.74, 6) is 2.96. The van der Waals surface area contributed by atoms with Crippen molar-refractivity contribution in [3.8, 4) is 0 Å². The molecule has 2 saturated heterocycles. The van der Waals surface area contributed by atoms with Crippen LogP contribution in [0.25, 0.3) is 0 Å². The number of nitrogen functional groups attached to an aromatic ring is 1. The quantitative estimate of drug-likeness (QED) is 0.224. The molecule has 8 heteroatoms. The summed E-state index contributed by atoms with van der Waals surface area (Å²) >= 11 is 0. The Kier molecular flexibility index (Phi) is 9.71. The molecule has 0 atom stereocenters. The Hall–Kier alpha value is -1.67. The van der Waals surface area contributed by atoms with Crippen LogP contribution in [0.15, 0.2) is 0 Å². The van der Waals surface area contributed by atoms with Gasteiger partial charge in [0.25, 0.3) is 0 Å². The molecule has 2 aliphatic heterocycles. The third-order valence-corrected chi connectivity index (χ3v) is 7.85. The van der Waals surface area contributed by atoms with Crippen LogP contribution in [0.3, 0.4) is 0 Å². The van der Waals surface area contributed by atoms with Crippen LogP contribution in [0, 0.1) is 11.8 Å². The minimum Gasteiger partial charge on any atom is -0.368 e. The molecule has 6 N–H and O–H groups in total. The Bertz CT molecular complexity index is 765. The smallest absolute Gasteiger partial charge is 0.229 e. The number of hydrogen-bond donors (Lipinski definition) is 5. The molecule has 0 unspecified atom stereocenters. The molecule has 0 aliphatic carbocycles. The monoisotopic (exact) mass is 516 g/mol. The maximum atomic E-state index is 5.96. The third-order valence-electron chi connectivity index (χ3n) is 7.85. The van der Waals surface area contributed by atoms with E-state index in [1.165, 1.54) is 51.4 Å². The average Bonchev–Trinajstić information content (AvgIpc) is 2.68. The van der Waals surface area contributed by atoms with Crippen molar-refractivity contribution in [3.05, 3.63) is 0 Å². The zero-order valence-corrected chi connectivity index (χ0v) is 25.1. The predicted molar refractivity (Wildman–Crippen MR) is 157 cm³/mol. The van der Waals surface area contributed by atoms with E-state index in [1.807, 2.05) is 0 Å². The molecule has 0 bridgehead atoms. The van der Waals surface area contributed by atoms with Gasteiger partial charge in [-0.15, -0.1) is 0 Å². The number of rotatable bonds is 12. The molecule has 3 rings (SSSR count). The van der Waals surface area contributed by atoms with Gasteiger partial charge in [0.1, 0.15) is 0 Å². The number of anilines is 3. The van der Waals surface area contributed by atoms with Gasteiger partial charge in [0, 0.05) is 35.2 Å². The second-order valence-corrected chi connectivity index (χ2v) is 14.5. The molecule has 37 heavy (non-hydrogen) atoms. The maximum absolute atomic E-state index is 5.96. The van der Waals surface area contributed by atoms with Crippen molar-refractivity contribution in [3.63, 3.8) is 0 Å². The van der Waals surface area contributed by atoms with Gasteiger partial charge < -0.3 is 27.0 Å². The van der Waals surface area contributed by atoms with Gasteiger partial charge in [-0.3, -0.25) is 0 Å². The molecule has 3 heterocycles. The van der Waals surface area contributed by atoms with Gasteiger partial charge in [-0.2, -0.15) is 15.0 Å². The first kappa shape index (κ1) is 29.9. The lowest BCUT2D eigenvalue weighted by Gasteiger charge is -2.46. The zero-order valence-electron chi connectivity index (χ0n) is 25.1. The SMILES string of the molecule is CC1(C)CC(CCCCNc2nc(N)nc(NCCCCC3CC(C)(C)NC(C)(C)C3)n2)CC(C)(C)N1. The van der Waals surface area contributed by atoms with Crippen LogP contribution in [0.4, 0.5) is 17.8 Å². The second kappa shape index (κ2) is 12.0. The van der Waals surface area contributed by atoms with Crippen molar-refractivity contribution >= 4 is 17.8 Å². The first-order valence-electron chi connectivity index (χ1n) is 14.7. The molecule has 2 aliphatic rings. The Labute approximate surface area is 226 Å². The fraction of sp³-hybridized carbons (Fsp3) is 0.897. The van der Waals surface area contributed by atoms with Crippen LogP contribution in [-0.2, 0) is 0 Å². The van der Waals surface area contributed by atoms with Crippen molar-refractivity contribution in [1.29, 1.82) is 0 Å². The molecule has 0 spiro atoms. The van der Waals surface area contributed by atoms with E-state index in [0.29, 0.717) is 11.9 Å². The number of nitrogens with one attached hydrogen (secondary N) is 4. The topological polar surface area (TPSA) is 113 Å². The lowest BCUT2D eigenvalue weighted by atomic mass is 9.74. The fourth-order valence-electron chi connectivity index (χ4n) is 7.54. The lowest BCUT2D eigenvalue weighted by molar-refractivity contribution is 0.121. The highest BCUT2D eigenvalue weighted by Gasteiger charge is 2.38. The minimum absolute atomic E-state index is 0.220. The Morgan fingerprint density at radius 3 is 1.32 bits per heavy atom. The van der Waals surface area contributed by atoms with Crippen LogP contribution in [0.2, 0.25) is 0 Å². The fourth-order valence-corrected chi connectivity index (χ4v) is 7.54. The summed E-state index contributed by atoms with van der Waals surface area (Å²) in [6, 6.07) is 0. The number of hydrogen-bond acceptors (Lipinski definition) is 8. The van der Waals surface area contributed by atoms with Gasteiger partial charge in [0.05, 0.1) is 0 Å². The summed E-state index contributed by atoms with van der Waals surface area (Å²) in [7, 11) is 0. The summed E-state index contributed by atoms with van der Waals surface area (Å²) in [5.41, 5.74) is 6.84. The molecular weight excluding hydrogens is 460 g/mol. The summed E-state index contributed by atoms with van der Waals surface area (Å²) in [4.78, 5) is 13.1. The summed E-state index contributed by atoms with van der Waals surface area (Å²) in [5, 5.41) is 14.3. The molecule has 0 aromatic carbocycles. The first-order chi connectivity index (χ1) is 17.1. The molecular formula is C29H56N8. The summed E-state index contributed by atoms with van der Waals surface area (Å²) in [6.45, 7) is 20.3. The zero-order chi connectivity index (χ0) is 27.3. The van der Waals surface area contributed by atoms with Crippen molar-refractivity contribution in [1.82, 2.24) is 25.6 Å². The third kappa shape index (κ3) is 10.5. The molecule has 8 nitrogen and oxygen atoms in total. The molecule has 0 radical (unpaired) electrons. The molecule has 2 fully saturated rings. The van der Waals surface area contributed by atoms with Crippen molar-refractivity contribution < 1.29 is 0 Å². The van der Waals surface area contributed by atoms with Gasteiger partial charge in [0.2, 0.25) is 17.8 Å². The highest BCUT2D eigenvalue weighted by molar-refractivity contribution is 5.39. The predicted octanol–water partition coefficient (Wildman–Crippen LogP) is 5.73. The van der Waals surface area contributed by atoms with Crippen LogP contribution in [0.5, 0.6) is 0 Å². The van der Waals surface area contributed by atoms with Gasteiger partial charge in [-0.25, -0.2) is 0 Å². The standard InChI is InChI=1S/C29H56N8/c1-26(2)17-21(18-27(3,4)36-26)13-9-11-15-31-24-33-23(30)34-25(35-24)32-16-12-10-14-22-19-28(5,6)37-29(7,8)20-22/h21-22,36-37H,9-20H2,1-8H3,(H4,30,31,32,33,34,35). The van der Waals surface area contributed by atoms with E-state index < -0.39 is 0 Å². The van der Waals surface area contributed by atoms with Gasteiger partial charge >= 0.3 is 0 Å². The average molecular weight is 517 g/mol. The summed E-state index contributed by atoms with van der Waals surface area (Å²) < 4.78 is 0. The number of nitrogens with zero attached hydrogens (tertiary/aromatic N) is 3. The molecule has 212 valence electrons. The molecule has 0 amide bonds. The van der Waals surface area contributed by atoms with Crippen LogP contribution in [-0.4, -0.2) is 50.2 Å². The van der Waals surface area contributed by atoms with Gasteiger partial charge in [-0.1, -0.05) is 25.7 Å². The molecule has 0 saturated carbocycles. The normalized spacial score (nSPS) is 23.0. The van der Waals surface area contributed by atoms with E-state index in [4.69, 9.17) is 5.73 Å². The molecule has 1 aromatic heterocycles. The van der Waals surface area contributed by atoms with Gasteiger partial charge in [0.15, 0.2) is 0 Å². The first-order valence-corrected chi connectivity index (χ1v) is 14.7. The van der Waals surface area contributed by atoms with Crippen molar-refractivity contribution in [2.75, 3.05) is 29.5 Å². The Balaban J connectivity index is 1.34. The van der Waals surface area contributed by atoms with Crippen molar-refractivity contribution in [2.45, 2.75) is 142 Å². The highest BCUT2D eigenvalue weighted by Crippen LogP contribution is 2.36. The number of nitrogens with two attached hydrogens (primary N) is 1. The maximum Gasteiger partial charge on any atom is 0.229 e. The Morgan fingerprint density at radius 1 is 0.622 bits per heavy atom. The number of aromatic nitrogens is 3. The number of piperidine rings is 2. The highest BCUT2D eigenvalue weighted by atomic mass is 15.2. The van der Waals surface area contributed by atoms with Crippen LogP contribution < -0.4 is 27.0 Å².